The molecule has 158 valence electrons. The quantitative estimate of drug-likeness (QED) is 0.341. The fourth-order valence-corrected chi connectivity index (χ4v) is 3.13. The molecule has 0 radical (unpaired) electrons. The van der Waals surface area contributed by atoms with Crippen molar-refractivity contribution in [2.75, 3.05) is 26.2 Å². The van der Waals surface area contributed by atoms with Crippen LogP contribution in [0.15, 0.2) is 0 Å². The van der Waals surface area contributed by atoms with Crippen LogP contribution in [-0.4, -0.2) is 43.9 Å². The molecule has 0 bridgehead atoms. The highest BCUT2D eigenvalue weighted by Crippen LogP contribution is 2.45. The molecule has 27 heavy (non-hydrogen) atoms. The van der Waals surface area contributed by atoms with Crippen molar-refractivity contribution < 1.29 is 14.4 Å². The zero-order valence-corrected chi connectivity index (χ0v) is 17.9. The number of carbonyl (C=O) groups is 3. The maximum atomic E-state index is 12.9. The normalized spacial score (nSPS) is 15.3. The van der Waals surface area contributed by atoms with Crippen molar-refractivity contribution in [2.24, 2.45) is 16.6 Å². The zero-order chi connectivity index (χ0) is 20.9. The number of carbonyl (C=O) groups excluding carboxylic acids is 3. The lowest BCUT2D eigenvalue weighted by atomic mass is 9.61. The third kappa shape index (κ3) is 7.13. The maximum absolute atomic E-state index is 12.9. The van der Waals surface area contributed by atoms with Crippen LogP contribution in [0.4, 0.5) is 0 Å². The fraction of sp³-hybridized carbons (Fsp3) is 0.850. The van der Waals surface area contributed by atoms with Gasteiger partial charge in [-0.15, -0.1) is 0 Å². The summed E-state index contributed by atoms with van der Waals surface area (Å²) < 4.78 is 0. The van der Waals surface area contributed by atoms with Gasteiger partial charge in [-0.2, -0.15) is 0 Å². The molecule has 0 aromatic heterocycles. The molecule has 7 heteroatoms. The topological polar surface area (TPSA) is 113 Å². The molecule has 2 atom stereocenters. The Labute approximate surface area is 164 Å². The monoisotopic (exact) mass is 384 g/mol. The van der Waals surface area contributed by atoms with E-state index in [0.29, 0.717) is 58.3 Å². The number of rotatable bonds is 14. The van der Waals surface area contributed by atoms with Crippen LogP contribution in [0.2, 0.25) is 0 Å². The molecule has 0 aromatic rings. The van der Waals surface area contributed by atoms with Gasteiger partial charge >= 0.3 is 0 Å². The van der Waals surface area contributed by atoms with E-state index in [9.17, 15) is 14.4 Å². The average Bonchev–Trinajstić information content (AvgIpc) is 2.66. The van der Waals surface area contributed by atoms with E-state index in [4.69, 9.17) is 5.73 Å². The molecule has 7 nitrogen and oxygen atoms in total. The molecule has 0 aliphatic heterocycles. The van der Waals surface area contributed by atoms with E-state index >= 15 is 0 Å². The molecule has 0 aliphatic carbocycles. The number of nitrogens with one attached hydrogen (secondary N) is 3. The summed E-state index contributed by atoms with van der Waals surface area (Å²) in [6, 6.07) is 0. The van der Waals surface area contributed by atoms with E-state index in [-0.39, 0.29) is 17.7 Å². The first-order valence-electron chi connectivity index (χ1n) is 10.3. The molecule has 3 amide bonds. The van der Waals surface area contributed by atoms with Gasteiger partial charge in [0.15, 0.2) is 0 Å². The van der Waals surface area contributed by atoms with E-state index < -0.39 is 10.8 Å². The van der Waals surface area contributed by atoms with E-state index in [2.05, 4.69) is 16.0 Å². The second-order valence-corrected chi connectivity index (χ2v) is 7.48. The van der Waals surface area contributed by atoms with Crippen molar-refractivity contribution in [2.45, 2.75) is 73.1 Å². The molecular weight excluding hydrogens is 344 g/mol. The minimum absolute atomic E-state index is 0.0370. The smallest absolute Gasteiger partial charge is 0.227 e. The van der Waals surface area contributed by atoms with E-state index in [0.717, 1.165) is 6.42 Å². The molecular formula is C20H40N4O3. The molecule has 0 saturated carbocycles. The van der Waals surface area contributed by atoms with Gasteiger partial charge in [-0.05, 0) is 52.5 Å². The first kappa shape index (κ1) is 25.4. The summed E-state index contributed by atoms with van der Waals surface area (Å²) in [6.45, 7) is 11.6. The van der Waals surface area contributed by atoms with E-state index in [1.54, 1.807) is 0 Å². The summed E-state index contributed by atoms with van der Waals surface area (Å²) in [7, 11) is 0. The Morgan fingerprint density at radius 3 is 1.63 bits per heavy atom. The predicted octanol–water partition coefficient (Wildman–Crippen LogP) is 1.71. The van der Waals surface area contributed by atoms with Gasteiger partial charge in [0.05, 0.1) is 10.8 Å². The van der Waals surface area contributed by atoms with Crippen LogP contribution in [0.1, 0.15) is 73.1 Å². The summed E-state index contributed by atoms with van der Waals surface area (Å²) in [4.78, 5) is 37.2. The highest BCUT2D eigenvalue weighted by Gasteiger charge is 2.52. The third-order valence-corrected chi connectivity index (χ3v) is 5.74. The molecule has 5 N–H and O–H groups in total. The lowest BCUT2D eigenvalue weighted by Crippen LogP contribution is -2.56. The van der Waals surface area contributed by atoms with Crippen LogP contribution in [0, 0.1) is 10.8 Å². The van der Waals surface area contributed by atoms with Crippen molar-refractivity contribution in [1.82, 2.24) is 16.0 Å². The third-order valence-electron chi connectivity index (χ3n) is 5.74. The van der Waals surface area contributed by atoms with Gasteiger partial charge in [0, 0.05) is 26.1 Å². The van der Waals surface area contributed by atoms with Crippen LogP contribution >= 0.6 is 0 Å². The van der Waals surface area contributed by atoms with Crippen molar-refractivity contribution in [3.8, 4) is 0 Å². The Bertz CT molecular complexity index is 484. The largest absolute Gasteiger partial charge is 0.356 e. The van der Waals surface area contributed by atoms with Crippen LogP contribution in [-0.2, 0) is 14.4 Å². The highest BCUT2D eigenvalue weighted by molar-refractivity contribution is 5.93. The molecule has 2 unspecified atom stereocenters. The second kappa shape index (κ2) is 12.7. The first-order chi connectivity index (χ1) is 12.7. The summed E-state index contributed by atoms with van der Waals surface area (Å²) >= 11 is 0. The second-order valence-electron chi connectivity index (χ2n) is 7.48. The van der Waals surface area contributed by atoms with Crippen LogP contribution in [0.25, 0.3) is 0 Å². The van der Waals surface area contributed by atoms with Crippen LogP contribution < -0.4 is 21.7 Å². The SMILES string of the molecule is CCCC(=O)NCCCNC(=O)C(C)(CC)C(C)(CC)C(=O)NCCCN. The summed E-state index contributed by atoms with van der Waals surface area (Å²) in [5.41, 5.74) is 3.86. The lowest BCUT2D eigenvalue weighted by molar-refractivity contribution is -0.150. The minimum Gasteiger partial charge on any atom is -0.356 e. The molecule has 0 saturated heterocycles. The molecule has 0 aromatic carbocycles. The van der Waals surface area contributed by atoms with Crippen molar-refractivity contribution in [3.05, 3.63) is 0 Å². The van der Waals surface area contributed by atoms with Gasteiger partial charge < -0.3 is 21.7 Å². The molecule has 0 rings (SSSR count). The molecule has 0 spiro atoms. The number of nitrogens with two attached hydrogens (primary N) is 1. The Morgan fingerprint density at radius 2 is 1.22 bits per heavy atom. The molecule has 0 aliphatic rings. The van der Waals surface area contributed by atoms with Gasteiger partial charge in [0.1, 0.15) is 0 Å². The van der Waals surface area contributed by atoms with Gasteiger partial charge in [-0.3, -0.25) is 14.4 Å². The maximum Gasteiger partial charge on any atom is 0.227 e. The van der Waals surface area contributed by atoms with Crippen molar-refractivity contribution in [1.29, 1.82) is 0 Å². The minimum atomic E-state index is -0.819. The average molecular weight is 385 g/mol. The highest BCUT2D eigenvalue weighted by atomic mass is 16.2. The molecule has 0 heterocycles. The first-order valence-corrected chi connectivity index (χ1v) is 10.3. The van der Waals surface area contributed by atoms with Crippen LogP contribution in [0.3, 0.4) is 0 Å². The summed E-state index contributed by atoms with van der Waals surface area (Å²) in [6.07, 6.45) is 3.83. The van der Waals surface area contributed by atoms with Gasteiger partial charge in [-0.1, -0.05) is 20.8 Å². The van der Waals surface area contributed by atoms with Gasteiger partial charge in [0.25, 0.3) is 0 Å². The van der Waals surface area contributed by atoms with E-state index in [1.807, 2.05) is 34.6 Å². The summed E-state index contributed by atoms with van der Waals surface area (Å²) in [5.74, 6) is -0.192. The zero-order valence-electron chi connectivity index (χ0n) is 17.9. The lowest BCUT2D eigenvalue weighted by Gasteiger charge is -2.43. The predicted molar refractivity (Wildman–Crippen MR) is 109 cm³/mol. The fourth-order valence-electron chi connectivity index (χ4n) is 3.13. The van der Waals surface area contributed by atoms with Gasteiger partial charge in [-0.25, -0.2) is 0 Å². The van der Waals surface area contributed by atoms with Crippen molar-refractivity contribution in [3.63, 3.8) is 0 Å². The van der Waals surface area contributed by atoms with Crippen LogP contribution in [0.5, 0.6) is 0 Å². The standard InChI is InChI=1S/C20H40N4O3/c1-6-11-16(25)22-14-10-15-24-18(27)20(5,8-3)19(4,7-2)17(26)23-13-9-12-21/h6-15,21H2,1-5H3,(H,22,25)(H,23,26)(H,24,27). The number of amides is 3. The molecule has 0 fully saturated rings. The van der Waals surface area contributed by atoms with E-state index in [1.165, 1.54) is 0 Å². The Hall–Kier alpha value is -1.63. The van der Waals surface area contributed by atoms with Gasteiger partial charge in [0.2, 0.25) is 17.7 Å². The number of hydrogen-bond acceptors (Lipinski definition) is 4. The summed E-state index contributed by atoms with van der Waals surface area (Å²) in [5, 5.41) is 8.71. The Kier molecular flexibility index (Phi) is 11.9. The Balaban J connectivity index is 4.81. The number of hydrogen-bond donors (Lipinski definition) is 4. The Morgan fingerprint density at radius 1 is 0.778 bits per heavy atom. The van der Waals surface area contributed by atoms with Crippen molar-refractivity contribution >= 4 is 17.7 Å².